The van der Waals surface area contributed by atoms with E-state index in [0.29, 0.717) is 0 Å². The standard InChI is InChI=1S/C16H22N2O/c1-17(2)15-6-5-14-9-13(12-19-16(14)10-15)11-18-7-3-4-8-18/h5-6,9-10H,3-4,7-8,11-12H2,1-2H3. The molecule has 0 radical (unpaired) electrons. The highest BCUT2D eigenvalue weighted by Crippen LogP contribution is 2.30. The van der Waals surface area contributed by atoms with Crippen LogP contribution in [0.1, 0.15) is 18.4 Å². The minimum atomic E-state index is 0.736. The molecule has 3 heteroatoms. The number of hydrogen-bond acceptors (Lipinski definition) is 3. The Hall–Kier alpha value is -1.48. The van der Waals surface area contributed by atoms with Crippen LogP contribution in [0.4, 0.5) is 5.69 Å². The fraction of sp³-hybridized carbons (Fsp3) is 0.500. The molecule has 0 unspecified atom stereocenters. The first-order chi connectivity index (χ1) is 9.22. The highest BCUT2D eigenvalue weighted by Gasteiger charge is 2.17. The molecule has 19 heavy (non-hydrogen) atoms. The van der Waals surface area contributed by atoms with Crippen molar-refractivity contribution in [1.82, 2.24) is 4.90 Å². The Labute approximate surface area is 115 Å². The van der Waals surface area contributed by atoms with Crippen LogP contribution in [0.3, 0.4) is 0 Å². The van der Waals surface area contributed by atoms with Gasteiger partial charge in [-0.2, -0.15) is 0 Å². The van der Waals surface area contributed by atoms with Crippen molar-refractivity contribution >= 4 is 11.8 Å². The van der Waals surface area contributed by atoms with Gasteiger partial charge in [0.1, 0.15) is 12.4 Å². The molecule has 2 aliphatic rings. The zero-order chi connectivity index (χ0) is 13.2. The molecule has 2 heterocycles. The second kappa shape index (κ2) is 5.25. The Morgan fingerprint density at radius 2 is 2.00 bits per heavy atom. The average molecular weight is 258 g/mol. The molecule has 0 bridgehead atoms. The molecule has 0 spiro atoms. The van der Waals surface area contributed by atoms with Crippen molar-refractivity contribution in [2.75, 3.05) is 45.2 Å². The van der Waals surface area contributed by atoms with Crippen LogP contribution < -0.4 is 9.64 Å². The van der Waals surface area contributed by atoms with Crippen LogP contribution in [-0.4, -0.2) is 45.2 Å². The molecule has 1 saturated heterocycles. The van der Waals surface area contributed by atoms with Crippen molar-refractivity contribution in [1.29, 1.82) is 0 Å². The molecule has 3 nitrogen and oxygen atoms in total. The zero-order valence-electron chi connectivity index (χ0n) is 11.9. The normalized spacial score (nSPS) is 18.7. The van der Waals surface area contributed by atoms with E-state index in [2.05, 4.69) is 48.2 Å². The van der Waals surface area contributed by atoms with Crippen LogP contribution in [0.5, 0.6) is 5.75 Å². The van der Waals surface area contributed by atoms with Crippen LogP contribution in [0.15, 0.2) is 23.8 Å². The van der Waals surface area contributed by atoms with Crippen molar-refractivity contribution in [3.05, 3.63) is 29.3 Å². The summed E-state index contributed by atoms with van der Waals surface area (Å²) in [7, 11) is 4.11. The zero-order valence-corrected chi connectivity index (χ0v) is 11.9. The molecule has 0 aromatic heterocycles. The third-order valence-corrected chi connectivity index (χ3v) is 3.91. The maximum absolute atomic E-state index is 5.92. The lowest BCUT2D eigenvalue weighted by Crippen LogP contribution is -2.25. The summed E-state index contributed by atoms with van der Waals surface area (Å²) in [6.07, 6.45) is 4.99. The Morgan fingerprint density at radius 3 is 2.74 bits per heavy atom. The van der Waals surface area contributed by atoms with E-state index in [9.17, 15) is 0 Å². The summed E-state index contributed by atoms with van der Waals surface area (Å²) in [5, 5.41) is 0. The third-order valence-electron chi connectivity index (χ3n) is 3.91. The van der Waals surface area contributed by atoms with E-state index in [0.717, 1.165) is 18.9 Å². The minimum Gasteiger partial charge on any atom is -0.488 e. The van der Waals surface area contributed by atoms with E-state index in [1.54, 1.807) is 0 Å². The molecule has 1 aromatic carbocycles. The van der Waals surface area contributed by atoms with Gasteiger partial charge in [0.2, 0.25) is 0 Å². The SMILES string of the molecule is CN(C)c1ccc2c(c1)OCC(CN1CCCC1)=C2. The Balaban J connectivity index is 1.76. The molecule has 0 aliphatic carbocycles. The summed E-state index contributed by atoms with van der Waals surface area (Å²) in [6.45, 7) is 4.28. The van der Waals surface area contributed by atoms with Gasteiger partial charge in [0.25, 0.3) is 0 Å². The number of hydrogen-bond donors (Lipinski definition) is 0. The molecule has 3 rings (SSSR count). The van der Waals surface area contributed by atoms with Crippen molar-refractivity contribution in [2.45, 2.75) is 12.8 Å². The quantitative estimate of drug-likeness (QED) is 0.829. The maximum atomic E-state index is 5.92. The number of likely N-dealkylation sites (tertiary alicyclic amines) is 1. The molecule has 0 amide bonds. The first-order valence-corrected chi connectivity index (χ1v) is 7.08. The number of ether oxygens (including phenoxy) is 1. The topological polar surface area (TPSA) is 15.7 Å². The lowest BCUT2D eigenvalue weighted by Gasteiger charge is -2.23. The minimum absolute atomic E-state index is 0.736. The van der Waals surface area contributed by atoms with Gasteiger partial charge in [-0.25, -0.2) is 0 Å². The fourth-order valence-electron chi connectivity index (χ4n) is 2.80. The van der Waals surface area contributed by atoms with Gasteiger partial charge in [0.15, 0.2) is 0 Å². The first kappa shape index (κ1) is 12.5. The molecule has 1 aromatic rings. The van der Waals surface area contributed by atoms with Crippen molar-refractivity contribution in [3.63, 3.8) is 0 Å². The number of fused-ring (bicyclic) bond motifs is 1. The summed E-state index contributed by atoms with van der Waals surface area (Å²) in [6, 6.07) is 6.43. The fourth-order valence-corrected chi connectivity index (χ4v) is 2.80. The average Bonchev–Trinajstić information content (AvgIpc) is 2.91. The third kappa shape index (κ3) is 2.76. The summed E-state index contributed by atoms with van der Waals surface area (Å²) in [5.41, 5.74) is 3.80. The summed E-state index contributed by atoms with van der Waals surface area (Å²) < 4.78 is 5.92. The van der Waals surface area contributed by atoms with Gasteiger partial charge in [0, 0.05) is 38.0 Å². The van der Waals surface area contributed by atoms with Crippen molar-refractivity contribution in [3.8, 4) is 5.75 Å². The second-order valence-corrected chi connectivity index (χ2v) is 5.69. The van der Waals surface area contributed by atoms with Crippen LogP contribution in [0.25, 0.3) is 6.08 Å². The largest absolute Gasteiger partial charge is 0.488 e. The summed E-state index contributed by atoms with van der Waals surface area (Å²) >= 11 is 0. The highest BCUT2D eigenvalue weighted by atomic mass is 16.5. The molecule has 0 saturated carbocycles. The molecule has 0 atom stereocenters. The molecule has 1 fully saturated rings. The summed E-state index contributed by atoms with van der Waals surface area (Å²) in [4.78, 5) is 4.63. The lowest BCUT2D eigenvalue weighted by molar-refractivity contribution is 0.310. The van der Waals surface area contributed by atoms with E-state index in [1.807, 2.05) is 0 Å². The first-order valence-electron chi connectivity index (χ1n) is 7.08. The smallest absolute Gasteiger partial charge is 0.129 e. The van der Waals surface area contributed by atoms with Gasteiger partial charge >= 0.3 is 0 Å². The van der Waals surface area contributed by atoms with Crippen LogP contribution in [0.2, 0.25) is 0 Å². The van der Waals surface area contributed by atoms with E-state index in [-0.39, 0.29) is 0 Å². The Kier molecular flexibility index (Phi) is 3.47. The summed E-state index contributed by atoms with van der Waals surface area (Å²) in [5.74, 6) is 1.01. The second-order valence-electron chi connectivity index (χ2n) is 5.69. The van der Waals surface area contributed by atoms with E-state index >= 15 is 0 Å². The Bertz CT molecular complexity index is 488. The molecular formula is C16H22N2O. The Morgan fingerprint density at radius 1 is 1.21 bits per heavy atom. The van der Waals surface area contributed by atoms with Gasteiger partial charge < -0.3 is 9.64 Å². The monoisotopic (exact) mass is 258 g/mol. The van der Waals surface area contributed by atoms with Gasteiger partial charge in [0.05, 0.1) is 0 Å². The van der Waals surface area contributed by atoms with E-state index < -0.39 is 0 Å². The van der Waals surface area contributed by atoms with Crippen LogP contribution >= 0.6 is 0 Å². The van der Waals surface area contributed by atoms with Gasteiger partial charge in [-0.3, -0.25) is 4.90 Å². The number of rotatable bonds is 3. The molecular weight excluding hydrogens is 236 g/mol. The maximum Gasteiger partial charge on any atom is 0.129 e. The molecule has 102 valence electrons. The predicted octanol–water partition coefficient (Wildman–Crippen LogP) is 2.62. The van der Waals surface area contributed by atoms with Crippen molar-refractivity contribution < 1.29 is 4.74 Å². The number of benzene rings is 1. The lowest BCUT2D eigenvalue weighted by atomic mass is 10.1. The van der Waals surface area contributed by atoms with E-state index in [1.165, 1.54) is 42.8 Å². The number of anilines is 1. The van der Waals surface area contributed by atoms with E-state index in [4.69, 9.17) is 4.74 Å². The molecule has 2 aliphatic heterocycles. The molecule has 0 N–H and O–H groups in total. The number of nitrogens with zero attached hydrogens (tertiary/aromatic N) is 2. The van der Waals surface area contributed by atoms with Crippen LogP contribution in [0, 0.1) is 0 Å². The van der Waals surface area contributed by atoms with Gasteiger partial charge in [-0.1, -0.05) is 0 Å². The van der Waals surface area contributed by atoms with Gasteiger partial charge in [-0.15, -0.1) is 0 Å². The van der Waals surface area contributed by atoms with Gasteiger partial charge in [-0.05, 0) is 49.7 Å². The predicted molar refractivity (Wildman–Crippen MR) is 79.9 cm³/mol. The highest BCUT2D eigenvalue weighted by molar-refractivity contribution is 5.66. The van der Waals surface area contributed by atoms with Crippen molar-refractivity contribution in [2.24, 2.45) is 0 Å². The van der Waals surface area contributed by atoms with Crippen LogP contribution in [-0.2, 0) is 0 Å².